The molecule has 0 bridgehead atoms. The van der Waals surface area contributed by atoms with Crippen LogP contribution in [0.25, 0.3) is 0 Å². The first-order valence-corrected chi connectivity index (χ1v) is 5.22. The first kappa shape index (κ1) is 12.2. The molecule has 1 saturated carbocycles. The van der Waals surface area contributed by atoms with Crippen LogP contribution in [0.5, 0.6) is 0 Å². The Bertz CT molecular complexity index is 229. The topological polar surface area (TPSA) is 55.8 Å². The van der Waals surface area contributed by atoms with Gasteiger partial charge in [-0.05, 0) is 32.6 Å². The van der Waals surface area contributed by atoms with Gasteiger partial charge in [0.05, 0.1) is 12.2 Å². The Balaban J connectivity index is 2.10. The van der Waals surface area contributed by atoms with Gasteiger partial charge in [0.15, 0.2) is 6.79 Å². The van der Waals surface area contributed by atoms with E-state index in [-0.39, 0.29) is 19.0 Å². The van der Waals surface area contributed by atoms with Crippen molar-refractivity contribution < 1.29 is 19.4 Å². The lowest BCUT2D eigenvalue weighted by molar-refractivity contribution is -0.158. The fourth-order valence-corrected chi connectivity index (χ4v) is 1.52. The Morgan fingerprint density at radius 3 is 2.53 bits per heavy atom. The maximum absolute atomic E-state index is 11.0. The zero-order valence-electron chi connectivity index (χ0n) is 9.07. The summed E-state index contributed by atoms with van der Waals surface area (Å²) in [6.07, 6.45) is 3.09. The van der Waals surface area contributed by atoms with Gasteiger partial charge in [0.2, 0.25) is 0 Å². The van der Waals surface area contributed by atoms with Crippen molar-refractivity contribution in [2.24, 2.45) is 0 Å². The van der Waals surface area contributed by atoms with Crippen LogP contribution in [-0.4, -0.2) is 30.1 Å². The summed E-state index contributed by atoms with van der Waals surface area (Å²) in [5, 5.41) is 9.26. The summed E-state index contributed by atoms with van der Waals surface area (Å²) in [5.41, 5.74) is 0.373. The number of carbonyl (C=O) groups excluding carboxylic acids is 1. The predicted molar refractivity (Wildman–Crippen MR) is 55.1 cm³/mol. The SMILES string of the molecule is C=C(C)C(=O)OCOC1CCC(O)CC1. The lowest BCUT2D eigenvalue weighted by Gasteiger charge is -2.25. The van der Waals surface area contributed by atoms with E-state index >= 15 is 0 Å². The van der Waals surface area contributed by atoms with Gasteiger partial charge in [-0.2, -0.15) is 0 Å². The standard InChI is InChI=1S/C11H18O4/c1-8(2)11(13)15-7-14-10-5-3-9(12)4-6-10/h9-10,12H,1,3-7H2,2H3. The van der Waals surface area contributed by atoms with E-state index in [1.807, 2.05) is 0 Å². The number of aliphatic hydroxyl groups excluding tert-OH is 1. The average Bonchev–Trinajstić information content (AvgIpc) is 2.20. The van der Waals surface area contributed by atoms with Gasteiger partial charge in [-0.25, -0.2) is 4.79 Å². The molecule has 4 nitrogen and oxygen atoms in total. The van der Waals surface area contributed by atoms with Crippen molar-refractivity contribution in [2.45, 2.75) is 44.8 Å². The first-order valence-electron chi connectivity index (χ1n) is 5.22. The number of carbonyl (C=O) groups is 1. The van der Waals surface area contributed by atoms with E-state index in [4.69, 9.17) is 9.47 Å². The minimum atomic E-state index is -0.425. The minimum absolute atomic E-state index is 0.0214. The maximum Gasteiger partial charge on any atom is 0.335 e. The number of aliphatic hydroxyl groups is 1. The fourth-order valence-electron chi connectivity index (χ4n) is 1.52. The van der Waals surface area contributed by atoms with E-state index in [0.717, 1.165) is 25.7 Å². The van der Waals surface area contributed by atoms with Crippen molar-refractivity contribution in [1.82, 2.24) is 0 Å². The van der Waals surface area contributed by atoms with Gasteiger partial charge in [-0.15, -0.1) is 0 Å². The van der Waals surface area contributed by atoms with Crippen molar-refractivity contribution in [3.05, 3.63) is 12.2 Å². The van der Waals surface area contributed by atoms with Crippen molar-refractivity contribution in [2.75, 3.05) is 6.79 Å². The molecule has 4 heteroatoms. The molecule has 0 aromatic carbocycles. The molecule has 0 unspecified atom stereocenters. The Hall–Kier alpha value is -0.870. The third-order valence-electron chi connectivity index (χ3n) is 2.49. The monoisotopic (exact) mass is 214 g/mol. The Morgan fingerprint density at radius 2 is 2.00 bits per heavy atom. The summed E-state index contributed by atoms with van der Waals surface area (Å²) in [6, 6.07) is 0. The molecule has 15 heavy (non-hydrogen) atoms. The second-order valence-corrected chi connectivity index (χ2v) is 3.93. The third kappa shape index (κ3) is 4.44. The van der Waals surface area contributed by atoms with Crippen LogP contribution in [0.2, 0.25) is 0 Å². The molecule has 86 valence electrons. The number of hydrogen-bond donors (Lipinski definition) is 1. The average molecular weight is 214 g/mol. The lowest BCUT2D eigenvalue weighted by atomic mass is 9.95. The van der Waals surface area contributed by atoms with Crippen LogP contribution >= 0.6 is 0 Å². The Morgan fingerprint density at radius 1 is 1.40 bits per heavy atom. The van der Waals surface area contributed by atoms with Crippen molar-refractivity contribution >= 4 is 5.97 Å². The maximum atomic E-state index is 11.0. The Kier molecular flexibility index (Phi) is 4.78. The van der Waals surface area contributed by atoms with Crippen LogP contribution in [0.3, 0.4) is 0 Å². The van der Waals surface area contributed by atoms with Crippen molar-refractivity contribution in [3.8, 4) is 0 Å². The van der Waals surface area contributed by atoms with E-state index in [2.05, 4.69) is 6.58 Å². The predicted octanol–water partition coefficient (Wildman–Crippen LogP) is 1.38. The molecule has 0 heterocycles. The number of hydrogen-bond acceptors (Lipinski definition) is 4. The van der Waals surface area contributed by atoms with E-state index in [1.54, 1.807) is 6.92 Å². The van der Waals surface area contributed by atoms with Gasteiger partial charge < -0.3 is 14.6 Å². The largest absolute Gasteiger partial charge is 0.435 e. The molecule has 1 fully saturated rings. The van der Waals surface area contributed by atoms with Crippen LogP contribution in [0.15, 0.2) is 12.2 Å². The Labute approximate surface area is 89.9 Å². The first-order chi connectivity index (χ1) is 7.09. The van der Waals surface area contributed by atoms with E-state index in [9.17, 15) is 9.90 Å². The van der Waals surface area contributed by atoms with Gasteiger partial charge in [-0.1, -0.05) is 6.58 Å². The second-order valence-electron chi connectivity index (χ2n) is 3.93. The fraction of sp³-hybridized carbons (Fsp3) is 0.727. The number of rotatable bonds is 4. The van der Waals surface area contributed by atoms with Gasteiger partial charge in [0.25, 0.3) is 0 Å². The van der Waals surface area contributed by atoms with Crippen LogP contribution in [0.1, 0.15) is 32.6 Å². The minimum Gasteiger partial charge on any atom is -0.435 e. The molecule has 1 N–H and O–H groups in total. The van der Waals surface area contributed by atoms with Gasteiger partial charge in [0, 0.05) is 5.57 Å². The van der Waals surface area contributed by atoms with Crippen LogP contribution in [0.4, 0.5) is 0 Å². The van der Waals surface area contributed by atoms with Crippen LogP contribution < -0.4 is 0 Å². The van der Waals surface area contributed by atoms with E-state index < -0.39 is 5.97 Å². The smallest absolute Gasteiger partial charge is 0.335 e. The highest BCUT2D eigenvalue weighted by molar-refractivity contribution is 5.86. The molecule has 1 rings (SSSR count). The van der Waals surface area contributed by atoms with Crippen LogP contribution in [0, 0.1) is 0 Å². The molecule has 0 spiro atoms. The van der Waals surface area contributed by atoms with Gasteiger partial charge >= 0.3 is 5.97 Å². The van der Waals surface area contributed by atoms with Gasteiger partial charge in [0.1, 0.15) is 0 Å². The number of ether oxygens (including phenoxy) is 2. The highest BCUT2D eigenvalue weighted by Gasteiger charge is 2.19. The lowest BCUT2D eigenvalue weighted by Crippen LogP contribution is -2.25. The second kappa shape index (κ2) is 5.88. The molecule has 0 aliphatic heterocycles. The summed E-state index contributed by atoms with van der Waals surface area (Å²) < 4.78 is 10.2. The summed E-state index contributed by atoms with van der Waals surface area (Å²) >= 11 is 0. The zero-order chi connectivity index (χ0) is 11.3. The third-order valence-corrected chi connectivity index (χ3v) is 2.49. The highest BCUT2D eigenvalue weighted by Crippen LogP contribution is 2.20. The quantitative estimate of drug-likeness (QED) is 0.436. The zero-order valence-corrected chi connectivity index (χ0v) is 9.07. The summed E-state index contributed by atoms with van der Waals surface area (Å²) in [4.78, 5) is 11.0. The van der Waals surface area contributed by atoms with Crippen molar-refractivity contribution in [1.29, 1.82) is 0 Å². The molecule has 0 atom stereocenters. The van der Waals surface area contributed by atoms with Crippen molar-refractivity contribution in [3.63, 3.8) is 0 Å². The van der Waals surface area contributed by atoms with Crippen LogP contribution in [-0.2, 0) is 14.3 Å². The molecule has 1 aliphatic carbocycles. The molecule has 0 radical (unpaired) electrons. The highest BCUT2D eigenvalue weighted by atomic mass is 16.7. The molecule has 1 aliphatic rings. The molecule has 0 aromatic heterocycles. The molecular formula is C11H18O4. The van der Waals surface area contributed by atoms with E-state index in [1.165, 1.54) is 0 Å². The number of esters is 1. The molecule has 0 aromatic rings. The molecule has 0 amide bonds. The van der Waals surface area contributed by atoms with Gasteiger partial charge in [-0.3, -0.25) is 0 Å². The normalized spacial score (nSPS) is 26.0. The summed E-state index contributed by atoms with van der Waals surface area (Å²) in [7, 11) is 0. The summed E-state index contributed by atoms with van der Waals surface area (Å²) in [6.45, 7) is 5.04. The summed E-state index contributed by atoms with van der Waals surface area (Å²) in [5.74, 6) is -0.425. The van der Waals surface area contributed by atoms with E-state index in [0.29, 0.717) is 5.57 Å². The molecular weight excluding hydrogens is 196 g/mol. The molecule has 0 saturated heterocycles.